The second kappa shape index (κ2) is 5.02. The molecular weight excluding hydrogens is 280 g/mol. The Morgan fingerprint density at radius 1 is 1.32 bits per heavy atom. The van der Waals surface area contributed by atoms with Crippen molar-refractivity contribution in [3.8, 4) is 0 Å². The van der Waals surface area contributed by atoms with E-state index in [0.717, 1.165) is 18.2 Å². The molecule has 19 heavy (non-hydrogen) atoms. The smallest absolute Gasteiger partial charge is 0.246 e. The Bertz CT molecular complexity index is 680. The molecule has 0 aliphatic heterocycles. The van der Waals surface area contributed by atoms with Crippen molar-refractivity contribution in [2.45, 2.75) is 18.4 Å². The maximum absolute atomic E-state index is 13.4. The van der Waals surface area contributed by atoms with Crippen molar-refractivity contribution in [3.05, 3.63) is 41.5 Å². The molecule has 0 fully saturated rings. The number of sulfonamides is 1. The van der Waals surface area contributed by atoms with Crippen LogP contribution in [-0.2, 0) is 16.6 Å². The molecule has 1 aromatic heterocycles. The first-order chi connectivity index (χ1) is 8.90. The molecule has 0 radical (unpaired) electrons. The van der Waals surface area contributed by atoms with Gasteiger partial charge >= 0.3 is 0 Å². The van der Waals surface area contributed by atoms with Crippen molar-refractivity contribution in [3.63, 3.8) is 0 Å². The number of aromatic nitrogens is 2. The van der Waals surface area contributed by atoms with Gasteiger partial charge in [-0.15, -0.1) is 0 Å². The van der Waals surface area contributed by atoms with Crippen molar-refractivity contribution < 1.29 is 21.7 Å². The minimum Gasteiger partial charge on any atom is -0.338 e. The number of hydrogen-bond donors (Lipinski definition) is 1. The molecule has 0 aliphatic rings. The van der Waals surface area contributed by atoms with Gasteiger partial charge in [-0.2, -0.15) is 4.98 Å². The van der Waals surface area contributed by atoms with Gasteiger partial charge in [-0.1, -0.05) is 11.2 Å². The highest BCUT2D eigenvalue weighted by Gasteiger charge is 2.24. The number of halogens is 2. The molecular formula is C10H9F2N3O3S. The van der Waals surface area contributed by atoms with Gasteiger partial charge in [-0.3, -0.25) is 0 Å². The maximum Gasteiger partial charge on any atom is 0.246 e. The molecule has 0 saturated carbocycles. The second-order valence-corrected chi connectivity index (χ2v) is 5.31. The summed E-state index contributed by atoms with van der Waals surface area (Å²) in [6.45, 7) is 1.20. The lowest BCUT2D eigenvalue weighted by Gasteiger charge is -2.06. The summed E-state index contributed by atoms with van der Waals surface area (Å²) in [5.41, 5.74) is 0. The van der Waals surface area contributed by atoms with Crippen molar-refractivity contribution in [2.75, 3.05) is 0 Å². The van der Waals surface area contributed by atoms with E-state index in [1.807, 2.05) is 4.72 Å². The summed E-state index contributed by atoms with van der Waals surface area (Å²) in [6, 6.07) is 2.79. The first-order valence-corrected chi connectivity index (χ1v) is 6.61. The van der Waals surface area contributed by atoms with Crippen LogP contribution < -0.4 is 4.72 Å². The molecule has 0 aliphatic carbocycles. The topological polar surface area (TPSA) is 85.1 Å². The molecule has 1 heterocycles. The van der Waals surface area contributed by atoms with Gasteiger partial charge in [0, 0.05) is 0 Å². The third kappa shape index (κ3) is 2.93. The maximum atomic E-state index is 13.4. The molecule has 1 aromatic carbocycles. The summed E-state index contributed by atoms with van der Waals surface area (Å²) in [5, 5.41) is 3.46. The van der Waals surface area contributed by atoms with Crippen LogP contribution in [0, 0.1) is 18.6 Å². The van der Waals surface area contributed by atoms with E-state index in [1.165, 1.54) is 0 Å². The molecule has 0 atom stereocenters. The van der Waals surface area contributed by atoms with Crippen LogP contribution in [0.3, 0.4) is 0 Å². The zero-order chi connectivity index (χ0) is 14.0. The third-order valence-electron chi connectivity index (χ3n) is 2.17. The lowest BCUT2D eigenvalue weighted by atomic mass is 10.3. The number of aryl methyl sites for hydroxylation is 1. The van der Waals surface area contributed by atoms with Crippen LogP contribution in [0.2, 0.25) is 0 Å². The fourth-order valence-electron chi connectivity index (χ4n) is 1.38. The first-order valence-electron chi connectivity index (χ1n) is 5.13. The summed E-state index contributed by atoms with van der Waals surface area (Å²) >= 11 is 0. The van der Waals surface area contributed by atoms with E-state index in [1.54, 1.807) is 6.92 Å². The van der Waals surface area contributed by atoms with Gasteiger partial charge in [0.15, 0.2) is 10.7 Å². The molecule has 0 saturated heterocycles. The molecule has 0 bridgehead atoms. The summed E-state index contributed by atoms with van der Waals surface area (Å²) < 4.78 is 56.9. The number of benzene rings is 1. The Morgan fingerprint density at radius 3 is 2.47 bits per heavy atom. The monoisotopic (exact) mass is 289 g/mol. The quantitative estimate of drug-likeness (QED) is 0.912. The van der Waals surface area contributed by atoms with Crippen LogP contribution in [0.5, 0.6) is 0 Å². The summed E-state index contributed by atoms with van der Waals surface area (Å²) in [5.74, 6) is -2.02. The zero-order valence-electron chi connectivity index (χ0n) is 9.72. The average molecular weight is 289 g/mol. The van der Waals surface area contributed by atoms with Crippen LogP contribution in [0.15, 0.2) is 27.6 Å². The van der Waals surface area contributed by atoms with Gasteiger partial charge in [-0.25, -0.2) is 21.9 Å². The average Bonchev–Trinajstić information content (AvgIpc) is 2.72. The van der Waals surface area contributed by atoms with Crippen LogP contribution in [0.1, 0.15) is 11.7 Å². The van der Waals surface area contributed by atoms with E-state index in [0.29, 0.717) is 5.82 Å². The minimum absolute atomic E-state index is 0.00202. The second-order valence-electron chi connectivity index (χ2n) is 3.61. The molecule has 102 valence electrons. The van der Waals surface area contributed by atoms with E-state index < -0.39 is 26.6 Å². The lowest BCUT2D eigenvalue weighted by Crippen LogP contribution is -2.25. The minimum atomic E-state index is -4.34. The highest BCUT2D eigenvalue weighted by molar-refractivity contribution is 7.89. The Balaban J connectivity index is 2.23. The molecule has 0 spiro atoms. The first kappa shape index (κ1) is 13.6. The molecule has 6 nitrogen and oxygen atoms in total. The van der Waals surface area contributed by atoms with Crippen molar-refractivity contribution in [1.29, 1.82) is 0 Å². The van der Waals surface area contributed by atoms with Crippen molar-refractivity contribution >= 4 is 10.0 Å². The van der Waals surface area contributed by atoms with Gasteiger partial charge in [0.05, 0.1) is 6.54 Å². The van der Waals surface area contributed by atoms with Gasteiger partial charge in [0.1, 0.15) is 11.6 Å². The fraction of sp³-hybridized carbons (Fsp3) is 0.200. The van der Waals surface area contributed by atoms with E-state index in [9.17, 15) is 17.2 Å². The Morgan fingerprint density at radius 2 is 1.95 bits per heavy atom. The highest BCUT2D eigenvalue weighted by Crippen LogP contribution is 2.18. The number of nitrogens with one attached hydrogen (secondary N) is 1. The highest BCUT2D eigenvalue weighted by atomic mass is 32.2. The molecule has 1 N–H and O–H groups in total. The van der Waals surface area contributed by atoms with E-state index >= 15 is 0 Å². The predicted molar refractivity (Wildman–Crippen MR) is 59.4 cm³/mol. The van der Waals surface area contributed by atoms with Gasteiger partial charge in [-0.05, 0) is 19.1 Å². The predicted octanol–water partition coefficient (Wildman–Crippen LogP) is 1.13. The Labute approximate surface area is 107 Å². The van der Waals surface area contributed by atoms with E-state index in [-0.39, 0.29) is 12.4 Å². The van der Waals surface area contributed by atoms with Crippen molar-refractivity contribution in [1.82, 2.24) is 14.9 Å². The largest absolute Gasteiger partial charge is 0.338 e. The molecule has 0 unspecified atom stereocenters. The normalized spacial score (nSPS) is 11.7. The van der Waals surface area contributed by atoms with Gasteiger partial charge in [0.25, 0.3) is 0 Å². The third-order valence-corrected chi connectivity index (χ3v) is 3.62. The standard InChI is InChI=1S/C10H9F2N3O3S/c1-6-14-9(18-15-6)5-13-19(16,17)10-7(11)3-2-4-8(10)12/h2-4,13H,5H2,1H3. The summed E-state index contributed by atoms with van der Waals surface area (Å²) in [6.07, 6.45) is 0. The SMILES string of the molecule is Cc1noc(CNS(=O)(=O)c2c(F)cccc2F)n1. The Hall–Kier alpha value is -1.87. The fourth-order valence-corrected chi connectivity index (χ4v) is 2.49. The van der Waals surface area contributed by atoms with Crippen LogP contribution in [0.25, 0.3) is 0 Å². The van der Waals surface area contributed by atoms with E-state index in [2.05, 4.69) is 14.7 Å². The molecule has 9 heteroatoms. The molecule has 2 aromatic rings. The summed E-state index contributed by atoms with van der Waals surface area (Å²) in [4.78, 5) is 2.72. The van der Waals surface area contributed by atoms with E-state index in [4.69, 9.17) is 0 Å². The summed E-state index contributed by atoms with van der Waals surface area (Å²) in [7, 11) is -4.34. The molecule has 0 amide bonds. The lowest BCUT2D eigenvalue weighted by molar-refractivity contribution is 0.371. The van der Waals surface area contributed by atoms with Crippen LogP contribution in [-0.4, -0.2) is 18.6 Å². The zero-order valence-corrected chi connectivity index (χ0v) is 10.5. The number of hydrogen-bond acceptors (Lipinski definition) is 5. The van der Waals surface area contributed by atoms with Crippen molar-refractivity contribution in [2.24, 2.45) is 0 Å². The van der Waals surface area contributed by atoms with Gasteiger partial charge < -0.3 is 4.52 Å². The Kier molecular flexibility index (Phi) is 3.58. The number of rotatable bonds is 4. The van der Waals surface area contributed by atoms with Crippen LogP contribution >= 0.6 is 0 Å². The number of nitrogens with zero attached hydrogens (tertiary/aromatic N) is 2. The molecule has 2 rings (SSSR count). The van der Waals surface area contributed by atoms with Crippen LogP contribution in [0.4, 0.5) is 8.78 Å². The van der Waals surface area contributed by atoms with Gasteiger partial charge in [0.2, 0.25) is 15.9 Å².